The van der Waals surface area contributed by atoms with Crippen molar-refractivity contribution in [2.24, 2.45) is 5.92 Å². The van der Waals surface area contributed by atoms with Crippen LogP contribution in [0.25, 0.3) is 0 Å². The number of likely N-dealkylation sites (tertiary alicyclic amines) is 1. The Labute approximate surface area is 132 Å². The zero-order chi connectivity index (χ0) is 14.7. The van der Waals surface area contributed by atoms with Gasteiger partial charge in [-0.2, -0.15) is 0 Å². The zero-order valence-electron chi connectivity index (χ0n) is 11.7. The summed E-state index contributed by atoms with van der Waals surface area (Å²) in [4.78, 5) is 22.5. The van der Waals surface area contributed by atoms with Crippen molar-refractivity contribution in [3.63, 3.8) is 0 Å². The maximum Gasteiger partial charge on any atom is 0.255 e. The Bertz CT molecular complexity index is 606. The molecule has 5 nitrogen and oxygen atoms in total. The first-order valence-electron chi connectivity index (χ1n) is 7.08. The predicted octanol–water partition coefficient (Wildman–Crippen LogP) is 2.59. The molecule has 6 heteroatoms. The molecule has 1 amide bonds. The molecule has 1 fully saturated rings. The van der Waals surface area contributed by atoms with E-state index in [9.17, 15) is 4.79 Å². The normalized spacial score (nSPS) is 16.1. The van der Waals surface area contributed by atoms with E-state index < -0.39 is 0 Å². The summed E-state index contributed by atoms with van der Waals surface area (Å²) in [6.07, 6.45) is 11.0. The molecule has 21 heavy (non-hydrogen) atoms. The summed E-state index contributed by atoms with van der Waals surface area (Å²) < 4.78 is 2.95. The van der Waals surface area contributed by atoms with Crippen LogP contribution in [0.2, 0.25) is 0 Å². The van der Waals surface area contributed by atoms with Crippen molar-refractivity contribution in [2.45, 2.75) is 19.4 Å². The van der Waals surface area contributed by atoms with Crippen LogP contribution in [-0.4, -0.2) is 38.4 Å². The topological polar surface area (TPSA) is 51.0 Å². The Morgan fingerprint density at radius 3 is 2.76 bits per heavy atom. The Hall–Kier alpha value is -1.69. The van der Waals surface area contributed by atoms with Gasteiger partial charge in [0.2, 0.25) is 0 Å². The number of rotatable bonds is 3. The molecular formula is C15H17BrN4O. The van der Waals surface area contributed by atoms with E-state index in [2.05, 4.69) is 30.5 Å². The van der Waals surface area contributed by atoms with E-state index in [0.29, 0.717) is 11.5 Å². The molecule has 1 saturated heterocycles. The number of hydrogen-bond donors (Lipinski definition) is 0. The molecule has 2 aromatic heterocycles. The van der Waals surface area contributed by atoms with E-state index in [1.807, 2.05) is 23.5 Å². The van der Waals surface area contributed by atoms with Crippen molar-refractivity contribution in [1.29, 1.82) is 0 Å². The van der Waals surface area contributed by atoms with Crippen molar-refractivity contribution < 1.29 is 4.79 Å². The van der Waals surface area contributed by atoms with Crippen LogP contribution in [0.3, 0.4) is 0 Å². The summed E-state index contributed by atoms with van der Waals surface area (Å²) in [5, 5.41) is 0. The van der Waals surface area contributed by atoms with Gasteiger partial charge in [-0.05, 0) is 40.8 Å². The van der Waals surface area contributed by atoms with Crippen LogP contribution in [0.5, 0.6) is 0 Å². The van der Waals surface area contributed by atoms with Crippen molar-refractivity contribution in [3.8, 4) is 0 Å². The third kappa shape index (κ3) is 3.50. The van der Waals surface area contributed by atoms with Gasteiger partial charge in [-0.3, -0.25) is 9.78 Å². The van der Waals surface area contributed by atoms with Gasteiger partial charge in [0.1, 0.15) is 0 Å². The lowest BCUT2D eigenvalue weighted by Crippen LogP contribution is -2.39. The van der Waals surface area contributed by atoms with E-state index in [1.165, 1.54) is 0 Å². The van der Waals surface area contributed by atoms with Crippen LogP contribution in [0.1, 0.15) is 23.2 Å². The molecule has 0 unspecified atom stereocenters. The molecule has 0 atom stereocenters. The second-order valence-electron chi connectivity index (χ2n) is 5.39. The number of imidazole rings is 1. The highest BCUT2D eigenvalue weighted by Crippen LogP contribution is 2.21. The lowest BCUT2D eigenvalue weighted by molar-refractivity contribution is 0.0682. The maximum atomic E-state index is 12.4. The van der Waals surface area contributed by atoms with Crippen LogP contribution < -0.4 is 0 Å². The quantitative estimate of drug-likeness (QED) is 0.856. The highest BCUT2D eigenvalue weighted by molar-refractivity contribution is 9.10. The summed E-state index contributed by atoms with van der Waals surface area (Å²) in [6, 6.07) is 1.83. The zero-order valence-corrected chi connectivity index (χ0v) is 13.2. The SMILES string of the molecule is O=C(c1cncc(Br)c1)N1CCC(Cn2ccnc2)CC1. The fourth-order valence-corrected chi connectivity index (χ4v) is 3.09. The highest BCUT2D eigenvalue weighted by Gasteiger charge is 2.24. The van der Waals surface area contributed by atoms with Crippen LogP contribution in [0, 0.1) is 5.92 Å². The molecule has 0 aliphatic carbocycles. The molecule has 2 aromatic rings. The minimum Gasteiger partial charge on any atom is -0.339 e. The fraction of sp³-hybridized carbons (Fsp3) is 0.400. The van der Waals surface area contributed by atoms with Crippen molar-refractivity contribution in [3.05, 3.63) is 47.2 Å². The molecule has 0 saturated carbocycles. The van der Waals surface area contributed by atoms with Gasteiger partial charge < -0.3 is 9.47 Å². The van der Waals surface area contributed by atoms with Crippen molar-refractivity contribution in [2.75, 3.05) is 13.1 Å². The molecule has 3 rings (SSSR count). The predicted molar refractivity (Wildman–Crippen MR) is 82.8 cm³/mol. The second-order valence-corrected chi connectivity index (χ2v) is 6.30. The number of hydrogen-bond acceptors (Lipinski definition) is 3. The first-order chi connectivity index (χ1) is 10.2. The Balaban J connectivity index is 1.57. The summed E-state index contributed by atoms with van der Waals surface area (Å²) >= 11 is 3.36. The largest absolute Gasteiger partial charge is 0.339 e. The maximum absolute atomic E-state index is 12.4. The van der Waals surface area contributed by atoms with Gasteiger partial charge >= 0.3 is 0 Å². The molecule has 0 aromatic carbocycles. The van der Waals surface area contributed by atoms with Crippen molar-refractivity contribution >= 4 is 21.8 Å². The Morgan fingerprint density at radius 2 is 2.10 bits per heavy atom. The molecule has 0 N–H and O–H groups in total. The first kappa shape index (κ1) is 14.3. The molecule has 0 spiro atoms. The minimum absolute atomic E-state index is 0.0740. The molecule has 1 aliphatic heterocycles. The van der Waals surface area contributed by atoms with Gasteiger partial charge in [0.15, 0.2) is 0 Å². The summed E-state index contributed by atoms with van der Waals surface area (Å²) in [6.45, 7) is 2.61. The molecule has 110 valence electrons. The second kappa shape index (κ2) is 6.39. The summed E-state index contributed by atoms with van der Waals surface area (Å²) in [5.74, 6) is 0.689. The number of halogens is 1. The Morgan fingerprint density at radius 1 is 1.29 bits per heavy atom. The fourth-order valence-electron chi connectivity index (χ4n) is 2.72. The molecular weight excluding hydrogens is 332 g/mol. The third-order valence-corrected chi connectivity index (χ3v) is 4.32. The minimum atomic E-state index is 0.0740. The molecule has 0 radical (unpaired) electrons. The number of pyridine rings is 1. The van der Waals surface area contributed by atoms with Gasteiger partial charge in [0, 0.05) is 48.9 Å². The van der Waals surface area contributed by atoms with E-state index in [0.717, 1.165) is 36.9 Å². The van der Waals surface area contributed by atoms with Gasteiger partial charge in [-0.1, -0.05) is 0 Å². The van der Waals surface area contributed by atoms with Crippen LogP contribution in [0.15, 0.2) is 41.7 Å². The average molecular weight is 349 g/mol. The Kier molecular flexibility index (Phi) is 4.34. The van der Waals surface area contributed by atoms with Gasteiger partial charge in [-0.15, -0.1) is 0 Å². The third-order valence-electron chi connectivity index (χ3n) is 3.88. The van der Waals surface area contributed by atoms with E-state index in [1.54, 1.807) is 18.6 Å². The van der Waals surface area contributed by atoms with Gasteiger partial charge in [-0.25, -0.2) is 4.98 Å². The van der Waals surface area contributed by atoms with E-state index in [4.69, 9.17) is 0 Å². The van der Waals surface area contributed by atoms with Crippen LogP contribution in [0.4, 0.5) is 0 Å². The molecule has 3 heterocycles. The summed E-state index contributed by atoms with van der Waals surface area (Å²) in [5.41, 5.74) is 0.650. The monoisotopic (exact) mass is 348 g/mol. The highest BCUT2D eigenvalue weighted by atomic mass is 79.9. The number of aromatic nitrogens is 3. The van der Waals surface area contributed by atoms with E-state index in [-0.39, 0.29) is 5.91 Å². The lowest BCUT2D eigenvalue weighted by Gasteiger charge is -2.32. The average Bonchev–Trinajstić information content (AvgIpc) is 3.00. The van der Waals surface area contributed by atoms with Gasteiger partial charge in [0.05, 0.1) is 11.9 Å². The molecule has 1 aliphatic rings. The van der Waals surface area contributed by atoms with Crippen molar-refractivity contribution in [1.82, 2.24) is 19.4 Å². The van der Waals surface area contributed by atoms with Gasteiger partial charge in [0.25, 0.3) is 5.91 Å². The first-order valence-corrected chi connectivity index (χ1v) is 7.87. The standard InChI is InChI=1S/C15H17BrN4O/c16-14-7-13(8-18-9-14)15(21)20-4-1-12(2-5-20)10-19-6-3-17-11-19/h3,6-9,11-12H,1-2,4-5,10H2. The number of carbonyl (C=O) groups is 1. The van der Waals surface area contributed by atoms with Crippen LogP contribution in [-0.2, 0) is 6.54 Å². The number of carbonyl (C=O) groups excluding carboxylic acids is 1. The van der Waals surface area contributed by atoms with Crippen LogP contribution >= 0.6 is 15.9 Å². The number of nitrogens with zero attached hydrogens (tertiary/aromatic N) is 4. The summed E-state index contributed by atoms with van der Waals surface area (Å²) in [7, 11) is 0. The number of amides is 1. The molecule has 0 bridgehead atoms. The smallest absolute Gasteiger partial charge is 0.255 e. The lowest BCUT2D eigenvalue weighted by atomic mass is 9.96. The van der Waals surface area contributed by atoms with E-state index >= 15 is 0 Å². The number of piperidine rings is 1.